The maximum atomic E-state index is 4.45. The van der Waals surface area contributed by atoms with Gasteiger partial charge in [-0.3, -0.25) is 0 Å². The van der Waals surface area contributed by atoms with Crippen LogP contribution < -0.4 is 0 Å². The minimum absolute atomic E-state index is 0.960. The van der Waals surface area contributed by atoms with Gasteiger partial charge in [0.15, 0.2) is 0 Å². The predicted molar refractivity (Wildman–Crippen MR) is 86.7 cm³/mol. The van der Waals surface area contributed by atoms with Gasteiger partial charge in [0.2, 0.25) is 0 Å². The summed E-state index contributed by atoms with van der Waals surface area (Å²) in [4.78, 5) is 13.5. The molecule has 4 aromatic rings. The van der Waals surface area contributed by atoms with E-state index in [0.29, 0.717) is 0 Å². The van der Waals surface area contributed by atoms with E-state index in [-0.39, 0.29) is 0 Å². The lowest BCUT2D eigenvalue weighted by Gasteiger charge is -2.02. The van der Waals surface area contributed by atoms with E-state index in [1.807, 2.05) is 12.1 Å². The summed E-state index contributed by atoms with van der Waals surface area (Å²) >= 11 is 1.66. The highest BCUT2D eigenvalue weighted by Crippen LogP contribution is 2.33. The van der Waals surface area contributed by atoms with E-state index in [2.05, 4.69) is 58.3 Å². The molecule has 0 aliphatic heterocycles. The minimum atomic E-state index is 0.960. The van der Waals surface area contributed by atoms with Gasteiger partial charge in [0.1, 0.15) is 16.9 Å². The van der Waals surface area contributed by atoms with Crippen molar-refractivity contribution in [1.29, 1.82) is 0 Å². The van der Waals surface area contributed by atoms with Gasteiger partial charge in [-0.05, 0) is 25.1 Å². The molecule has 2 heterocycles. The van der Waals surface area contributed by atoms with Crippen LogP contribution in [0.25, 0.3) is 21.9 Å². The maximum Gasteiger partial charge on any atom is 0.128 e. The first-order chi connectivity index (χ1) is 10.3. The Morgan fingerprint density at radius 3 is 2.81 bits per heavy atom. The normalized spacial score (nSPS) is 11.3. The standard InChI is InChI=1S/C17H13N3S/c1-11-5-4-6-12(9-11)21-17-16-15(18-10-19-17)13-7-2-3-8-14(13)20-16/h2-10,20H,1H3. The summed E-state index contributed by atoms with van der Waals surface area (Å²) in [5.74, 6) is 0. The monoisotopic (exact) mass is 291 g/mol. The number of H-pyrrole nitrogens is 1. The van der Waals surface area contributed by atoms with Crippen molar-refractivity contribution >= 4 is 33.7 Å². The van der Waals surface area contributed by atoms with Crippen LogP contribution in [0.2, 0.25) is 0 Å². The molecule has 0 radical (unpaired) electrons. The molecule has 0 aliphatic carbocycles. The first-order valence-corrected chi connectivity index (χ1v) is 7.59. The Morgan fingerprint density at radius 1 is 1.00 bits per heavy atom. The molecule has 4 rings (SSSR count). The Hall–Kier alpha value is -2.33. The first-order valence-electron chi connectivity index (χ1n) is 6.77. The molecule has 0 saturated heterocycles. The predicted octanol–water partition coefficient (Wildman–Crippen LogP) is 4.57. The summed E-state index contributed by atoms with van der Waals surface area (Å²) in [6, 6.07) is 16.7. The molecule has 0 spiro atoms. The van der Waals surface area contributed by atoms with Gasteiger partial charge in [-0.25, -0.2) is 9.97 Å². The van der Waals surface area contributed by atoms with Crippen molar-refractivity contribution in [3.8, 4) is 0 Å². The number of rotatable bonds is 2. The van der Waals surface area contributed by atoms with Crippen LogP contribution in [0.5, 0.6) is 0 Å². The summed E-state index contributed by atoms with van der Waals surface area (Å²) in [5, 5.41) is 2.10. The van der Waals surface area contributed by atoms with Gasteiger partial charge in [-0.1, -0.05) is 47.7 Å². The molecule has 3 nitrogen and oxygen atoms in total. The van der Waals surface area contributed by atoms with E-state index in [4.69, 9.17) is 0 Å². The van der Waals surface area contributed by atoms with Crippen LogP contribution in [-0.4, -0.2) is 15.0 Å². The first kappa shape index (κ1) is 12.4. The zero-order chi connectivity index (χ0) is 14.2. The van der Waals surface area contributed by atoms with Gasteiger partial charge in [-0.2, -0.15) is 0 Å². The van der Waals surface area contributed by atoms with Crippen LogP contribution in [-0.2, 0) is 0 Å². The summed E-state index contributed by atoms with van der Waals surface area (Å²) in [7, 11) is 0. The van der Waals surface area contributed by atoms with E-state index >= 15 is 0 Å². The Labute approximate surface area is 126 Å². The van der Waals surface area contributed by atoms with E-state index in [1.54, 1.807) is 18.1 Å². The van der Waals surface area contributed by atoms with Crippen molar-refractivity contribution in [1.82, 2.24) is 15.0 Å². The fourth-order valence-electron chi connectivity index (χ4n) is 2.49. The van der Waals surface area contributed by atoms with Crippen LogP contribution >= 0.6 is 11.8 Å². The van der Waals surface area contributed by atoms with E-state index in [9.17, 15) is 0 Å². The lowest BCUT2D eigenvalue weighted by atomic mass is 10.2. The molecule has 102 valence electrons. The zero-order valence-electron chi connectivity index (χ0n) is 11.5. The minimum Gasteiger partial charge on any atom is -0.351 e. The Kier molecular flexibility index (Phi) is 2.89. The third-order valence-corrected chi connectivity index (χ3v) is 4.45. The van der Waals surface area contributed by atoms with Gasteiger partial charge in [-0.15, -0.1) is 0 Å². The highest BCUT2D eigenvalue weighted by atomic mass is 32.2. The Morgan fingerprint density at radius 2 is 1.90 bits per heavy atom. The van der Waals surface area contributed by atoms with Crippen LogP contribution in [0, 0.1) is 6.92 Å². The number of nitrogens with one attached hydrogen (secondary N) is 1. The van der Waals surface area contributed by atoms with Crippen molar-refractivity contribution in [2.45, 2.75) is 16.8 Å². The molecule has 4 heteroatoms. The van der Waals surface area contributed by atoms with Gasteiger partial charge in [0.05, 0.1) is 5.52 Å². The number of nitrogens with zero attached hydrogens (tertiary/aromatic N) is 2. The molecule has 2 aromatic carbocycles. The van der Waals surface area contributed by atoms with Crippen LogP contribution in [0.1, 0.15) is 5.56 Å². The maximum absolute atomic E-state index is 4.45. The molecule has 0 fully saturated rings. The van der Waals surface area contributed by atoms with Gasteiger partial charge < -0.3 is 4.98 Å². The van der Waals surface area contributed by atoms with Gasteiger partial charge in [0.25, 0.3) is 0 Å². The molecule has 0 bridgehead atoms. The van der Waals surface area contributed by atoms with Crippen molar-refractivity contribution in [3.05, 3.63) is 60.4 Å². The SMILES string of the molecule is Cc1cccc(Sc2ncnc3c2[nH]c2ccccc23)c1. The Balaban J connectivity index is 1.89. The molecule has 0 amide bonds. The zero-order valence-corrected chi connectivity index (χ0v) is 12.3. The highest BCUT2D eigenvalue weighted by molar-refractivity contribution is 7.99. The lowest BCUT2D eigenvalue weighted by Crippen LogP contribution is -1.85. The molecular formula is C17H13N3S. The van der Waals surface area contributed by atoms with Crippen molar-refractivity contribution in [2.24, 2.45) is 0 Å². The summed E-state index contributed by atoms with van der Waals surface area (Å²) < 4.78 is 0. The summed E-state index contributed by atoms with van der Waals surface area (Å²) in [6.07, 6.45) is 1.64. The number of hydrogen-bond acceptors (Lipinski definition) is 3. The fraction of sp³-hybridized carbons (Fsp3) is 0.0588. The lowest BCUT2D eigenvalue weighted by molar-refractivity contribution is 1.09. The number of aromatic nitrogens is 3. The molecular weight excluding hydrogens is 278 g/mol. The molecule has 0 saturated carbocycles. The fourth-order valence-corrected chi connectivity index (χ4v) is 3.45. The van der Waals surface area contributed by atoms with Crippen LogP contribution in [0.4, 0.5) is 0 Å². The molecule has 2 aromatic heterocycles. The summed E-state index contributed by atoms with van der Waals surface area (Å²) in [5.41, 5.74) is 4.34. The Bertz CT molecular complexity index is 943. The number of aromatic amines is 1. The average Bonchev–Trinajstić information content (AvgIpc) is 2.87. The smallest absolute Gasteiger partial charge is 0.128 e. The molecule has 21 heavy (non-hydrogen) atoms. The van der Waals surface area contributed by atoms with E-state index in [1.165, 1.54) is 10.5 Å². The number of benzene rings is 2. The summed E-state index contributed by atoms with van der Waals surface area (Å²) in [6.45, 7) is 2.10. The average molecular weight is 291 g/mol. The largest absolute Gasteiger partial charge is 0.351 e. The quantitative estimate of drug-likeness (QED) is 0.550. The molecule has 0 aliphatic rings. The third kappa shape index (κ3) is 2.17. The second-order valence-electron chi connectivity index (χ2n) is 4.99. The molecule has 0 unspecified atom stereocenters. The third-order valence-electron chi connectivity index (χ3n) is 3.46. The second-order valence-corrected chi connectivity index (χ2v) is 6.05. The second kappa shape index (κ2) is 4.90. The van der Waals surface area contributed by atoms with Crippen molar-refractivity contribution in [2.75, 3.05) is 0 Å². The number of para-hydroxylation sites is 1. The van der Waals surface area contributed by atoms with Gasteiger partial charge >= 0.3 is 0 Å². The highest BCUT2D eigenvalue weighted by Gasteiger charge is 2.11. The van der Waals surface area contributed by atoms with Crippen molar-refractivity contribution in [3.63, 3.8) is 0 Å². The van der Waals surface area contributed by atoms with Gasteiger partial charge in [0, 0.05) is 15.8 Å². The topological polar surface area (TPSA) is 41.6 Å². The molecule has 0 atom stereocenters. The van der Waals surface area contributed by atoms with E-state index < -0.39 is 0 Å². The number of hydrogen-bond donors (Lipinski definition) is 1. The molecule has 1 N–H and O–H groups in total. The van der Waals surface area contributed by atoms with Crippen LogP contribution in [0.3, 0.4) is 0 Å². The van der Waals surface area contributed by atoms with Crippen LogP contribution in [0.15, 0.2) is 64.8 Å². The van der Waals surface area contributed by atoms with E-state index in [0.717, 1.165) is 27.0 Å². The van der Waals surface area contributed by atoms with Crippen molar-refractivity contribution < 1.29 is 0 Å². The number of fused-ring (bicyclic) bond motifs is 3. The number of aryl methyl sites for hydroxylation is 1.